The fraction of sp³-hybridized carbons (Fsp3) is 0.208. The van der Waals surface area contributed by atoms with Crippen molar-refractivity contribution in [1.29, 1.82) is 0 Å². The third-order valence-electron chi connectivity index (χ3n) is 5.33. The fourth-order valence-electron chi connectivity index (χ4n) is 3.92. The smallest absolute Gasteiger partial charge is 0.322 e. The van der Waals surface area contributed by atoms with Gasteiger partial charge in [-0.25, -0.2) is 9.18 Å². The van der Waals surface area contributed by atoms with Gasteiger partial charge in [0.1, 0.15) is 5.82 Å². The molecule has 30 heavy (non-hydrogen) atoms. The predicted octanol–water partition coefficient (Wildman–Crippen LogP) is 5.02. The summed E-state index contributed by atoms with van der Waals surface area (Å²) in [5.41, 5.74) is 3.50. The molecule has 0 fully saturated rings. The number of rotatable bonds is 4. The van der Waals surface area contributed by atoms with Crippen LogP contribution in [0.1, 0.15) is 22.7 Å². The van der Waals surface area contributed by atoms with Gasteiger partial charge in [-0.2, -0.15) is 0 Å². The molecule has 1 atom stereocenters. The van der Waals surface area contributed by atoms with E-state index in [0.29, 0.717) is 30.2 Å². The van der Waals surface area contributed by atoms with E-state index in [4.69, 9.17) is 9.47 Å². The Balaban J connectivity index is 1.75. The van der Waals surface area contributed by atoms with Crippen LogP contribution in [0.2, 0.25) is 0 Å². The van der Waals surface area contributed by atoms with Crippen molar-refractivity contribution in [3.8, 4) is 11.5 Å². The lowest BCUT2D eigenvalue weighted by Crippen LogP contribution is -2.43. The number of hydrogen-bond acceptors (Lipinski definition) is 3. The van der Waals surface area contributed by atoms with E-state index in [1.165, 1.54) is 12.1 Å². The molecule has 0 spiro atoms. The summed E-state index contributed by atoms with van der Waals surface area (Å²) in [7, 11) is 3.21. The number of methoxy groups -OCH3 is 2. The van der Waals surface area contributed by atoms with Gasteiger partial charge >= 0.3 is 6.03 Å². The van der Waals surface area contributed by atoms with Crippen LogP contribution < -0.4 is 14.8 Å². The number of halogens is 1. The minimum Gasteiger partial charge on any atom is -0.493 e. The van der Waals surface area contributed by atoms with Crippen molar-refractivity contribution in [3.63, 3.8) is 0 Å². The topological polar surface area (TPSA) is 50.8 Å². The van der Waals surface area contributed by atoms with Gasteiger partial charge in [-0.15, -0.1) is 0 Å². The summed E-state index contributed by atoms with van der Waals surface area (Å²) in [5.74, 6) is 0.888. The molecule has 0 aliphatic carbocycles. The second-order valence-electron chi connectivity index (χ2n) is 7.10. The number of amides is 2. The van der Waals surface area contributed by atoms with Gasteiger partial charge in [0.05, 0.1) is 20.3 Å². The maximum Gasteiger partial charge on any atom is 0.322 e. The van der Waals surface area contributed by atoms with Crippen molar-refractivity contribution in [1.82, 2.24) is 4.90 Å². The standard InChI is InChI=1S/C24H23FN2O3/c1-29-21-13-17-11-12-27(24(28)26-19-10-6-9-18(25)14-19)23(16-7-4-3-5-8-16)20(17)15-22(21)30-2/h3-10,13-15,23H,11-12H2,1-2H3,(H,26,28). The number of ether oxygens (including phenoxy) is 2. The first kappa shape index (κ1) is 19.8. The normalized spacial score (nSPS) is 15.3. The zero-order valence-corrected chi connectivity index (χ0v) is 16.9. The minimum absolute atomic E-state index is 0.283. The Morgan fingerprint density at radius 1 is 1.00 bits per heavy atom. The lowest BCUT2D eigenvalue weighted by Gasteiger charge is -2.38. The van der Waals surface area contributed by atoms with Gasteiger partial charge in [-0.05, 0) is 53.4 Å². The van der Waals surface area contributed by atoms with E-state index in [-0.39, 0.29) is 12.1 Å². The van der Waals surface area contributed by atoms with Crippen molar-refractivity contribution in [2.45, 2.75) is 12.5 Å². The van der Waals surface area contributed by atoms with Crippen LogP contribution in [0.5, 0.6) is 11.5 Å². The Morgan fingerprint density at radius 2 is 1.73 bits per heavy atom. The molecule has 6 heteroatoms. The van der Waals surface area contributed by atoms with Gasteiger partial charge in [0.25, 0.3) is 0 Å². The molecule has 4 rings (SSSR count). The molecular formula is C24H23FN2O3. The molecule has 3 aromatic rings. The predicted molar refractivity (Wildman–Crippen MR) is 114 cm³/mol. The van der Waals surface area contributed by atoms with E-state index in [2.05, 4.69) is 5.32 Å². The second kappa shape index (κ2) is 8.45. The summed E-state index contributed by atoms with van der Waals surface area (Å²) >= 11 is 0. The lowest BCUT2D eigenvalue weighted by molar-refractivity contribution is 0.193. The largest absolute Gasteiger partial charge is 0.493 e. The van der Waals surface area contributed by atoms with Gasteiger partial charge in [-0.3, -0.25) is 0 Å². The number of fused-ring (bicyclic) bond motifs is 1. The SMILES string of the molecule is COc1cc2c(cc1OC)C(c1ccccc1)N(C(=O)Nc1cccc(F)c1)CC2. The lowest BCUT2D eigenvalue weighted by atomic mass is 9.88. The molecule has 1 heterocycles. The summed E-state index contributed by atoms with van der Waals surface area (Å²) < 4.78 is 24.5. The van der Waals surface area contributed by atoms with Crippen LogP contribution in [0.4, 0.5) is 14.9 Å². The van der Waals surface area contributed by atoms with E-state index in [0.717, 1.165) is 16.7 Å². The summed E-state index contributed by atoms with van der Waals surface area (Å²) in [6, 6.07) is 19.1. The second-order valence-corrected chi connectivity index (χ2v) is 7.10. The molecule has 0 aromatic heterocycles. The van der Waals surface area contributed by atoms with Crippen LogP contribution >= 0.6 is 0 Å². The average molecular weight is 406 g/mol. The molecule has 2 amide bonds. The van der Waals surface area contributed by atoms with E-state index in [1.807, 2.05) is 42.5 Å². The van der Waals surface area contributed by atoms with Crippen molar-refractivity contribution >= 4 is 11.7 Å². The Morgan fingerprint density at radius 3 is 2.43 bits per heavy atom. The molecule has 154 valence electrons. The third kappa shape index (κ3) is 3.81. The molecule has 0 saturated carbocycles. The zero-order valence-electron chi connectivity index (χ0n) is 16.9. The summed E-state index contributed by atoms with van der Waals surface area (Å²) in [6.07, 6.45) is 0.676. The van der Waals surface area contributed by atoms with Gasteiger partial charge < -0.3 is 19.7 Å². The highest BCUT2D eigenvalue weighted by atomic mass is 19.1. The maximum absolute atomic E-state index is 13.6. The van der Waals surface area contributed by atoms with Gasteiger partial charge in [-0.1, -0.05) is 36.4 Å². The molecule has 5 nitrogen and oxygen atoms in total. The van der Waals surface area contributed by atoms with Gasteiger partial charge in [0.2, 0.25) is 0 Å². The highest BCUT2D eigenvalue weighted by molar-refractivity contribution is 5.90. The Kier molecular flexibility index (Phi) is 5.57. The van der Waals surface area contributed by atoms with E-state index in [9.17, 15) is 9.18 Å². The molecule has 1 N–H and O–H groups in total. The van der Waals surface area contributed by atoms with Crippen molar-refractivity contribution in [2.75, 3.05) is 26.1 Å². The molecule has 1 aliphatic rings. The van der Waals surface area contributed by atoms with Crippen LogP contribution in [0, 0.1) is 5.82 Å². The van der Waals surface area contributed by atoms with E-state index < -0.39 is 5.82 Å². The Hall–Kier alpha value is -3.54. The minimum atomic E-state index is -0.395. The van der Waals surface area contributed by atoms with Crippen LogP contribution in [0.3, 0.4) is 0 Å². The third-order valence-corrected chi connectivity index (χ3v) is 5.33. The van der Waals surface area contributed by atoms with Crippen molar-refractivity contribution < 1.29 is 18.7 Å². The van der Waals surface area contributed by atoms with Crippen molar-refractivity contribution in [3.05, 3.63) is 89.2 Å². The monoisotopic (exact) mass is 406 g/mol. The van der Waals surface area contributed by atoms with Crippen LogP contribution in [-0.4, -0.2) is 31.7 Å². The summed E-state index contributed by atoms with van der Waals surface area (Å²) in [5, 5.41) is 2.83. The molecule has 1 unspecified atom stereocenters. The quantitative estimate of drug-likeness (QED) is 0.662. The van der Waals surface area contributed by atoms with E-state index >= 15 is 0 Å². The number of nitrogens with zero attached hydrogens (tertiary/aromatic N) is 1. The number of carbonyl (C=O) groups excluding carboxylic acids is 1. The van der Waals surface area contributed by atoms with Crippen LogP contribution in [-0.2, 0) is 6.42 Å². The Bertz CT molecular complexity index is 1060. The van der Waals surface area contributed by atoms with Gasteiger partial charge in [0, 0.05) is 12.2 Å². The number of carbonyl (C=O) groups is 1. The average Bonchev–Trinajstić information content (AvgIpc) is 2.77. The van der Waals surface area contributed by atoms with E-state index in [1.54, 1.807) is 31.3 Å². The highest BCUT2D eigenvalue weighted by Crippen LogP contribution is 2.41. The summed E-state index contributed by atoms with van der Waals surface area (Å²) in [6.45, 7) is 0.517. The molecule has 0 saturated heterocycles. The molecule has 0 bridgehead atoms. The number of urea groups is 1. The van der Waals surface area contributed by atoms with Crippen LogP contribution in [0.15, 0.2) is 66.7 Å². The van der Waals surface area contributed by atoms with Crippen molar-refractivity contribution in [2.24, 2.45) is 0 Å². The molecule has 0 radical (unpaired) electrons. The highest BCUT2D eigenvalue weighted by Gasteiger charge is 2.33. The fourth-order valence-corrected chi connectivity index (χ4v) is 3.92. The number of hydrogen-bond donors (Lipinski definition) is 1. The first-order chi connectivity index (χ1) is 14.6. The maximum atomic E-state index is 13.6. The zero-order chi connectivity index (χ0) is 21.1. The molecule has 3 aromatic carbocycles. The first-order valence-electron chi connectivity index (χ1n) is 9.73. The first-order valence-corrected chi connectivity index (χ1v) is 9.73. The van der Waals surface area contributed by atoms with Gasteiger partial charge in [0.15, 0.2) is 11.5 Å². The number of benzene rings is 3. The number of nitrogens with one attached hydrogen (secondary N) is 1. The molecular weight excluding hydrogens is 383 g/mol. The number of anilines is 1. The summed E-state index contributed by atoms with van der Waals surface area (Å²) in [4.78, 5) is 15.0. The van der Waals surface area contributed by atoms with Crippen LogP contribution in [0.25, 0.3) is 0 Å². The Labute approximate surface area is 175 Å². The molecule has 1 aliphatic heterocycles.